The zero-order valence-corrected chi connectivity index (χ0v) is 52.2. The van der Waals surface area contributed by atoms with Crippen LogP contribution in [0.25, 0.3) is 0 Å². The molecule has 0 rings (SSSR count). The number of carbonyl (C=O) groups excluding carboxylic acids is 13. The highest BCUT2D eigenvalue weighted by molar-refractivity contribution is 5.91. The molecule has 26 nitrogen and oxygen atoms in total. The van der Waals surface area contributed by atoms with Crippen LogP contribution in [0.5, 0.6) is 0 Å². The van der Waals surface area contributed by atoms with E-state index >= 15 is 0 Å². The molecule has 0 heterocycles. The van der Waals surface area contributed by atoms with E-state index < -0.39 is 119 Å². The molecule has 0 radical (unpaired) electrons. The van der Waals surface area contributed by atoms with Crippen molar-refractivity contribution in [1.82, 2.24) is 0 Å². The van der Waals surface area contributed by atoms with E-state index in [9.17, 15) is 62.3 Å². The molecule has 490 valence electrons. The van der Waals surface area contributed by atoms with E-state index in [1.165, 1.54) is 20.8 Å². The Morgan fingerprint density at radius 2 is 0.591 bits per heavy atom. The molecule has 0 saturated heterocycles. The van der Waals surface area contributed by atoms with E-state index in [1.807, 2.05) is 6.92 Å². The van der Waals surface area contributed by atoms with Gasteiger partial charge in [0.2, 0.25) is 6.79 Å². The van der Waals surface area contributed by atoms with Crippen molar-refractivity contribution in [3.8, 4) is 0 Å². The third-order valence-corrected chi connectivity index (χ3v) is 9.64. The monoisotopic (exact) mass is 1250 g/mol. The smallest absolute Gasteiger partial charge is 0.333 e. The van der Waals surface area contributed by atoms with Gasteiger partial charge in [-0.2, -0.15) is 0 Å². The molecule has 0 N–H and O–H groups in total. The molecule has 0 aromatic carbocycles. The summed E-state index contributed by atoms with van der Waals surface area (Å²) in [6.45, 7) is 52.3. The lowest BCUT2D eigenvalue weighted by Crippen LogP contribution is -2.39. The van der Waals surface area contributed by atoms with Crippen molar-refractivity contribution < 1.29 is 124 Å². The van der Waals surface area contributed by atoms with Gasteiger partial charge in [-0.05, 0) is 41.0 Å². The van der Waals surface area contributed by atoms with E-state index in [0.29, 0.717) is 6.42 Å². The van der Waals surface area contributed by atoms with Crippen molar-refractivity contribution in [3.05, 3.63) is 138 Å². The largest absolute Gasteiger partial charge is 0.465 e. The summed E-state index contributed by atoms with van der Waals surface area (Å²) in [4.78, 5) is 144. The van der Waals surface area contributed by atoms with Crippen LogP contribution in [0.2, 0.25) is 0 Å². The summed E-state index contributed by atoms with van der Waals surface area (Å²) >= 11 is 0. The van der Waals surface area contributed by atoms with Crippen LogP contribution in [0.4, 0.5) is 0 Å². The normalized spacial score (nSPS) is 10.6. The minimum atomic E-state index is -0.860. The van der Waals surface area contributed by atoms with Gasteiger partial charge in [-0.25, -0.2) is 52.7 Å². The van der Waals surface area contributed by atoms with Crippen LogP contribution in [0.1, 0.15) is 82.1 Å². The molecule has 2 atom stereocenters. The second-order valence-electron chi connectivity index (χ2n) is 19.3. The van der Waals surface area contributed by atoms with Crippen LogP contribution in [0.15, 0.2) is 138 Å². The van der Waals surface area contributed by atoms with Gasteiger partial charge in [0.05, 0.1) is 31.8 Å². The Balaban J connectivity index is -0.000000342. The molecule has 0 amide bonds. The Morgan fingerprint density at radius 1 is 0.352 bits per heavy atom. The van der Waals surface area contributed by atoms with Gasteiger partial charge in [-0.1, -0.05) is 107 Å². The second kappa shape index (κ2) is 49.5. The first kappa shape index (κ1) is 87.0. The lowest BCUT2D eigenvalue weighted by Gasteiger charge is -2.31. The van der Waals surface area contributed by atoms with Crippen molar-refractivity contribution >= 4 is 77.6 Å². The fourth-order valence-corrected chi connectivity index (χ4v) is 4.28. The van der Waals surface area contributed by atoms with Crippen molar-refractivity contribution in [1.29, 1.82) is 0 Å². The molecule has 0 aromatic rings. The summed E-state index contributed by atoms with van der Waals surface area (Å²) < 4.78 is 62.8. The first-order valence-corrected chi connectivity index (χ1v) is 26.1. The van der Waals surface area contributed by atoms with Gasteiger partial charge in [0.25, 0.3) is 0 Å². The second-order valence-corrected chi connectivity index (χ2v) is 19.3. The first-order chi connectivity index (χ1) is 40.9. The van der Waals surface area contributed by atoms with Crippen LogP contribution in [-0.2, 0) is 124 Å². The lowest BCUT2D eigenvalue weighted by molar-refractivity contribution is -0.162. The Hall–Kier alpha value is -9.75. The Bertz CT molecular complexity index is 2300. The van der Waals surface area contributed by atoms with Gasteiger partial charge < -0.3 is 61.6 Å². The highest BCUT2D eigenvalue weighted by Gasteiger charge is 2.35. The number of esters is 13. The zero-order chi connectivity index (χ0) is 69.2. The van der Waals surface area contributed by atoms with Crippen molar-refractivity contribution in [2.45, 2.75) is 94.3 Å². The van der Waals surface area contributed by atoms with Gasteiger partial charge in [0, 0.05) is 76.2 Å². The van der Waals surface area contributed by atoms with Gasteiger partial charge in [0.15, 0.2) is 0 Å². The van der Waals surface area contributed by atoms with Gasteiger partial charge in [-0.15, -0.1) is 0 Å². The number of carbonyl (C=O) groups is 13. The molecule has 0 saturated carbocycles. The third kappa shape index (κ3) is 50.7. The van der Waals surface area contributed by atoms with E-state index in [0.717, 1.165) is 48.6 Å². The summed E-state index contributed by atoms with van der Waals surface area (Å²) in [6, 6.07) is 0. The van der Waals surface area contributed by atoms with E-state index in [2.05, 4.69) is 91.3 Å². The van der Waals surface area contributed by atoms with Crippen molar-refractivity contribution in [2.24, 2.45) is 16.2 Å². The maximum absolute atomic E-state index is 11.7. The van der Waals surface area contributed by atoms with Crippen LogP contribution in [-0.4, -0.2) is 156 Å². The average Bonchev–Trinajstić information content (AvgIpc) is 3.49. The molecule has 0 aliphatic carbocycles. The molecule has 0 fully saturated rings. The molecule has 0 spiro atoms. The molecule has 0 aromatic heterocycles. The predicted octanol–water partition coefficient (Wildman–Crippen LogP) is 6.78. The summed E-state index contributed by atoms with van der Waals surface area (Å²) in [7, 11) is 0. The van der Waals surface area contributed by atoms with Crippen LogP contribution >= 0.6 is 0 Å². The van der Waals surface area contributed by atoms with Crippen LogP contribution in [0, 0.1) is 16.2 Å². The van der Waals surface area contributed by atoms with E-state index in [1.54, 1.807) is 41.5 Å². The number of ether oxygens (including phenoxy) is 13. The van der Waals surface area contributed by atoms with Crippen molar-refractivity contribution in [2.75, 3.05) is 66.3 Å². The van der Waals surface area contributed by atoms with Gasteiger partial charge in [0.1, 0.15) is 51.7 Å². The summed E-state index contributed by atoms with van der Waals surface area (Å²) in [5, 5.41) is 0. The Morgan fingerprint density at radius 3 is 0.830 bits per heavy atom. The Labute approximate surface area is 514 Å². The maximum Gasteiger partial charge on any atom is 0.333 e. The fourth-order valence-electron chi connectivity index (χ4n) is 4.28. The molecule has 0 aliphatic rings. The standard InChI is InChI=1S/C19H28O8.C18H26O6.C10H14O4.C8H10O4.C7H8O4/c1-7-14(20)24-10-18(3,4)12-26-16(22)9-17(23)27-13-19(5,6)11-25-15(21)8-2;1-8-18(9-22-15(19)12(2)3,10-23-16(20)13(4)5)11-24-17(21)14(6)7;1-5-9(11)13-7(3)8(4)14-10(12)6-2;1-3-7(9)11-5-6-12-8(10)4-2;1-3-6(8)10-5-11-7(9)4-2/h7-8H,1-2,9-13H2,3-6H3;2,4,6,8-11H2,1,3,5,7H3;5-8H,1-2H2,3-4H3;3-4H,1-2,5-6H2;3-4H,1-2,5H2. The fraction of sp³-hybridized carbons (Fsp3) is 0.435. The maximum atomic E-state index is 11.7. The minimum absolute atomic E-state index is 0.0322. The Kier molecular flexibility index (Phi) is 49.0. The minimum Gasteiger partial charge on any atom is -0.465 e. The molecular weight excluding hydrogens is 1160 g/mol. The van der Waals surface area contributed by atoms with E-state index in [-0.39, 0.29) is 76.2 Å². The molecule has 0 bridgehead atoms. The number of hydrogen-bond donors (Lipinski definition) is 0. The zero-order valence-electron chi connectivity index (χ0n) is 52.2. The van der Waals surface area contributed by atoms with E-state index in [4.69, 9.17) is 42.6 Å². The highest BCUT2D eigenvalue weighted by Crippen LogP contribution is 2.26. The topological polar surface area (TPSA) is 342 Å². The first-order valence-electron chi connectivity index (χ1n) is 26.1. The molecule has 2 unspecified atom stereocenters. The third-order valence-electron chi connectivity index (χ3n) is 9.64. The lowest BCUT2D eigenvalue weighted by atomic mass is 9.88. The number of rotatable bonds is 36. The van der Waals surface area contributed by atoms with Crippen LogP contribution < -0.4 is 0 Å². The number of hydrogen-bond acceptors (Lipinski definition) is 26. The summed E-state index contributed by atoms with van der Waals surface area (Å²) in [5.41, 5.74) is -1.35. The van der Waals surface area contributed by atoms with Gasteiger partial charge in [-0.3, -0.25) is 9.59 Å². The van der Waals surface area contributed by atoms with Gasteiger partial charge >= 0.3 is 77.6 Å². The quantitative estimate of drug-likeness (QED) is 0.0156. The molecule has 0 aliphatic heterocycles. The summed E-state index contributed by atoms with van der Waals surface area (Å²) in [5.74, 6) is -7.77. The average molecular weight is 1250 g/mol. The summed E-state index contributed by atoms with van der Waals surface area (Å²) in [6.07, 6.45) is 7.09. The molecular formula is C62H86O26. The predicted molar refractivity (Wildman–Crippen MR) is 318 cm³/mol. The SMILES string of the molecule is C=C(C)C(=O)OCC(CC)(COC(=O)C(=C)C)COC(=O)C(=C)C.C=CC(=O)OC(C)C(C)OC(=O)C=C.C=CC(=O)OCC(C)(C)COC(=O)CC(=O)OCC(C)(C)COC(=O)C=C.C=CC(=O)OCCOC(=O)C=C.C=CC(=O)OCOC(=O)C=C. The van der Waals surface area contributed by atoms with Crippen LogP contribution in [0.3, 0.4) is 0 Å². The van der Waals surface area contributed by atoms with Crippen molar-refractivity contribution in [3.63, 3.8) is 0 Å². The molecule has 26 heteroatoms. The molecule has 88 heavy (non-hydrogen) atoms. The highest BCUT2D eigenvalue weighted by atomic mass is 16.7.